The van der Waals surface area contributed by atoms with Crippen molar-refractivity contribution in [3.05, 3.63) is 109 Å². The summed E-state index contributed by atoms with van der Waals surface area (Å²) in [7, 11) is 0. The fraction of sp³-hybridized carbons (Fsp3) is 0.0323. The maximum absolute atomic E-state index is 12.7. The third-order valence-electron chi connectivity index (χ3n) is 6.56. The van der Waals surface area contributed by atoms with Crippen LogP contribution in [0.3, 0.4) is 0 Å². The number of carbonyl (C=O) groups is 1. The number of hydrogen-bond acceptors (Lipinski definition) is 6. The molecule has 0 bridgehead atoms. The van der Waals surface area contributed by atoms with Crippen LogP contribution in [-0.2, 0) is 11.3 Å². The Morgan fingerprint density at radius 1 is 0.769 bits per heavy atom. The van der Waals surface area contributed by atoms with Gasteiger partial charge in [-0.3, -0.25) is 4.79 Å². The molecule has 188 valence electrons. The average molecular weight is 528 g/mol. The van der Waals surface area contributed by atoms with Crippen LogP contribution in [0.2, 0.25) is 0 Å². The number of nitrogens with one attached hydrogen (secondary N) is 1. The molecule has 0 aliphatic heterocycles. The van der Waals surface area contributed by atoms with Gasteiger partial charge in [-0.2, -0.15) is 0 Å². The van der Waals surface area contributed by atoms with Crippen molar-refractivity contribution in [1.82, 2.24) is 20.0 Å². The predicted molar refractivity (Wildman–Crippen MR) is 154 cm³/mol. The van der Waals surface area contributed by atoms with Crippen molar-refractivity contribution in [1.29, 1.82) is 0 Å². The van der Waals surface area contributed by atoms with Crippen LogP contribution < -0.4 is 5.32 Å². The summed E-state index contributed by atoms with van der Waals surface area (Å²) < 4.78 is 7.45. The van der Waals surface area contributed by atoms with E-state index in [2.05, 4.69) is 50.9 Å². The number of nitrogens with zero attached hydrogens (tertiary/aromatic N) is 4. The minimum atomic E-state index is -0.219. The van der Waals surface area contributed by atoms with Crippen LogP contribution in [0.25, 0.3) is 55.6 Å². The number of amides is 1. The van der Waals surface area contributed by atoms with Crippen molar-refractivity contribution in [2.24, 2.45) is 0 Å². The molecule has 0 atom stereocenters. The summed E-state index contributed by atoms with van der Waals surface area (Å²) >= 11 is 1.38. The van der Waals surface area contributed by atoms with Gasteiger partial charge in [0.25, 0.3) is 0 Å². The summed E-state index contributed by atoms with van der Waals surface area (Å²) in [6, 6.07) is 32.3. The van der Waals surface area contributed by atoms with E-state index in [1.165, 1.54) is 16.0 Å². The molecule has 7 rings (SSSR count). The zero-order valence-corrected chi connectivity index (χ0v) is 21.4. The number of thiazole rings is 1. The Morgan fingerprint density at radius 2 is 1.49 bits per heavy atom. The molecule has 0 aliphatic rings. The summed E-state index contributed by atoms with van der Waals surface area (Å²) in [6.07, 6.45) is 1.77. The lowest BCUT2D eigenvalue weighted by atomic mass is 10.0. The maximum atomic E-state index is 12.7. The molecule has 0 fully saturated rings. The topological polar surface area (TPSA) is 85.8 Å². The zero-order valence-electron chi connectivity index (χ0n) is 20.6. The molecule has 39 heavy (non-hydrogen) atoms. The summed E-state index contributed by atoms with van der Waals surface area (Å²) in [5.74, 6) is -0.219. The van der Waals surface area contributed by atoms with Crippen LogP contribution >= 0.6 is 11.3 Å². The van der Waals surface area contributed by atoms with Crippen molar-refractivity contribution < 1.29 is 9.21 Å². The number of fused-ring (bicyclic) bond motifs is 3. The monoisotopic (exact) mass is 527 g/mol. The molecule has 3 heterocycles. The first-order valence-electron chi connectivity index (χ1n) is 12.4. The van der Waals surface area contributed by atoms with E-state index < -0.39 is 0 Å². The van der Waals surface area contributed by atoms with Gasteiger partial charge in [0.05, 0.1) is 11.9 Å². The highest BCUT2D eigenvalue weighted by Crippen LogP contribution is 2.33. The second kappa shape index (κ2) is 9.66. The first kappa shape index (κ1) is 23.1. The zero-order chi connectivity index (χ0) is 26.2. The lowest BCUT2D eigenvalue weighted by Gasteiger charge is -2.02. The first-order valence-corrected chi connectivity index (χ1v) is 13.3. The van der Waals surface area contributed by atoms with E-state index in [0.717, 1.165) is 49.9 Å². The fourth-order valence-corrected chi connectivity index (χ4v) is 5.36. The summed E-state index contributed by atoms with van der Waals surface area (Å²) in [5, 5.41) is 15.8. The quantitative estimate of drug-likeness (QED) is 0.246. The standard InChI is InChI=1S/C31H21N5O2S/c37-30(18-36-17-26(34-35-36)22-12-10-21(11-13-22)20-6-2-1-3-7-20)33-31-32-27(19-39-31)23-14-15-29-25(16-23)24-8-4-5-9-28(24)38-29/h1-17,19H,18H2,(H,32,33,37). The number of carbonyl (C=O) groups excluding carboxylic acids is 1. The number of rotatable bonds is 6. The Morgan fingerprint density at radius 3 is 2.36 bits per heavy atom. The highest BCUT2D eigenvalue weighted by atomic mass is 32.1. The molecule has 1 amide bonds. The van der Waals surface area contributed by atoms with E-state index in [0.29, 0.717) is 10.8 Å². The molecule has 0 aliphatic carbocycles. The van der Waals surface area contributed by atoms with Crippen LogP contribution in [0.15, 0.2) is 113 Å². The van der Waals surface area contributed by atoms with Gasteiger partial charge in [-0.15, -0.1) is 16.4 Å². The Bertz CT molecular complexity index is 1940. The van der Waals surface area contributed by atoms with E-state index in [9.17, 15) is 4.79 Å². The molecule has 7 aromatic rings. The van der Waals surface area contributed by atoms with Gasteiger partial charge in [0.1, 0.15) is 23.4 Å². The number of hydrogen-bond donors (Lipinski definition) is 1. The molecule has 1 N–H and O–H groups in total. The molecular formula is C31H21N5O2S. The molecule has 8 heteroatoms. The van der Waals surface area contributed by atoms with E-state index in [1.807, 2.05) is 72.1 Å². The number of benzene rings is 4. The molecular weight excluding hydrogens is 506 g/mol. The van der Waals surface area contributed by atoms with Crippen molar-refractivity contribution in [3.63, 3.8) is 0 Å². The number of furan rings is 1. The average Bonchev–Trinajstić information content (AvgIpc) is 3.72. The molecule has 3 aromatic heterocycles. The van der Waals surface area contributed by atoms with Gasteiger partial charge in [-0.05, 0) is 35.4 Å². The van der Waals surface area contributed by atoms with Gasteiger partial charge in [0.2, 0.25) is 5.91 Å². The van der Waals surface area contributed by atoms with Crippen molar-refractivity contribution in [2.45, 2.75) is 6.54 Å². The second-order valence-electron chi connectivity index (χ2n) is 9.14. The van der Waals surface area contributed by atoms with Gasteiger partial charge in [0.15, 0.2) is 5.13 Å². The minimum Gasteiger partial charge on any atom is -0.456 e. The summed E-state index contributed by atoms with van der Waals surface area (Å²) in [5.41, 5.74) is 7.39. The Labute approximate surface area is 227 Å². The lowest BCUT2D eigenvalue weighted by Crippen LogP contribution is -2.19. The van der Waals surface area contributed by atoms with Crippen molar-refractivity contribution >= 4 is 44.3 Å². The number of aromatic nitrogens is 4. The van der Waals surface area contributed by atoms with Crippen LogP contribution in [0.1, 0.15) is 0 Å². The summed E-state index contributed by atoms with van der Waals surface area (Å²) in [4.78, 5) is 17.3. The van der Waals surface area contributed by atoms with E-state index in [-0.39, 0.29) is 12.5 Å². The molecule has 0 unspecified atom stereocenters. The van der Waals surface area contributed by atoms with E-state index in [4.69, 9.17) is 4.42 Å². The third kappa shape index (κ3) is 4.58. The van der Waals surface area contributed by atoms with Gasteiger partial charge in [-0.25, -0.2) is 9.67 Å². The Balaban J connectivity index is 1.03. The largest absolute Gasteiger partial charge is 0.456 e. The Kier molecular flexibility index (Phi) is 5.71. The van der Waals surface area contributed by atoms with Gasteiger partial charge in [0, 0.05) is 27.3 Å². The molecule has 7 nitrogen and oxygen atoms in total. The fourth-order valence-electron chi connectivity index (χ4n) is 4.63. The lowest BCUT2D eigenvalue weighted by molar-refractivity contribution is -0.116. The molecule has 4 aromatic carbocycles. The number of anilines is 1. The van der Waals surface area contributed by atoms with Gasteiger partial charge in [-0.1, -0.05) is 78.0 Å². The van der Waals surface area contributed by atoms with Crippen molar-refractivity contribution in [3.8, 4) is 33.6 Å². The molecule has 0 spiro atoms. The predicted octanol–water partition coefficient (Wildman–Crippen LogP) is 7.27. The highest BCUT2D eigenvalue weighted by molar-refractivity contribution is 7.14. The third-order valence-corrected chi connectivity index (χ3v) is 7.31. The normalized spacial score (nSPS) is 11.3. The second-order valence-corrected chi connectivity index (χ2v) is 10.00. The first-order chi connectivity index (χ1) is 19.2. The van der Waals surface area contributed by atoms with Crippen LogP contribution in [-0.4, -0.2) is 25.9 Å². The number of para-hydroxylation sites is 1. The highest BCUT2D eigenvalue weighted by Gasteiger charge is 2.13. The molecule has 0 saturated heterocycles. The Hall–Kier alpha value is -5.08. The molecule has 0 radical (unpaired) electrons. The summed E-state index contributed by atoms with van der Waals surface area (Å²) in [6.45, 7) is 0.0387. The smallest absolute Gasteiger partial charge is 0.247 e. The molecule has 0 saturated carbocycles. The minimum absolute atomic E-state index is 0.0387. The van der Waals surface area contributed by atoms with Crippen LogP contribution in [0.5, 0.6) is 0 Å². The van der Waals surface area contributed by atoms with Crippen LogP contribution in [0, 0.1) is 0 Å². The van der Waals surface area contributed by atoms with Crippen molar-refractivity contribution in [2.75, 3.05) is 5.32 Å². The van der Waals surface area contributed by atoms with E-state index >= 15 is 0 Å². The van der Waals surface area contributed by atoms with Crippen LogP contribution in [0.4, 0.5) is 5.13 Å². The van der Waals surface area contributed by atoms with E-state index in [1.54, 1.807) is 6.20 Å². The maximum Gasteiger partial charge on any atom is 0.247 e. The SMILES string of the molecule is O=C(Cn1cc(-c2ccc(-c3ccccc3)cc2)nn1)Nc1nc(-c2ccc3oc4ccccc4c3c2)cs1. The van der Waals surface area contributed by atoms with Gasteiger partial charge >= 0.3 is 0 Å². The van der Waals surface area contributed by atoms with Gasteiger partial charge < -0.3 is 9.73 Å².